The summed E-state index contributed by atoms with van der Waals surface area (Å²) in [4.78, 5) is 2.33. The maximum absolute atomic E-state index is 2.36. The topological polar surface area (TPSA) is 8.17 Å². The molecule has 246 valence electrons. The number of nitrogens with zero attached hydrogens (tertiary/aromatic N) is 2. The van der Waals surface area contributed by atoms with Crippen molar-refractivity contribution >= 4 is 28.0 Å². The van der Waals surface area contributed by atoms with E-state index in [2.05, 4.69) is 228 Å². The molecule has 0 bridgehead atoms. The number of para-hydroxylation sites is 1. The maximum Gasteiger partial charge on any atom is 0.0540 e. The Morgan fingerprint density at radius 1 is 0.288 bits per heavy atom. The van der Waals surface area contributed by atoms with Gasteiger partial charge in [-0.25, -0.2) is 0 Å². The van der Waals surface area contributed by atoms with Crippen molar-refractivity contribution in [2.24, 2.45) is 0 Å². The van der Waals surface area contributed by atoms with Crippen molar-refractivity contribution in [1.82, 2.24) is 4.57 Å². The minimum absolute atomic E-state index is 1.10. The highest BCUT2D eigenvalue weighted by atomic mass is 15.1. The van der Waals surface area contributed by atoms with Gasteiger partial charge in [-0.15, -0.1) is 0 Å². The Morgan fingerprint density at radius 3 is 1.08 bits per heavy atom. The van der Waals surface area contributed by atoms with Gasteiger partial charge in [-0.3, -0.25) is 0 Å². The molecule has 0 saturated heterocycles. The van der Waals surface area contributed by atoms with Gasteiger partial charge in [0.05, 0.1) is 11.2 Å². The van der Waals surface area contributed by atoms with Gasteiger partial charge in [0.25, 0.3) is 0 Å². The molecule has 2 heteroatoms. The predicted molar refractivity (Wildman–Crippen MR) is 220 cm³/mol. The zero-order valence-corrected chi connectivity index (χ0v) is 28.7. The average Bonchev–Trinajstić information content (AvgIpc) is 3.63. The molecule has 0 amide bonds. The van der Waals surface area contributed by atoms with Crippen LogP contribution in [-0.2, 0) is 0 Å². The number of fused-ring (bicyclic) bond motifs is 1. The molecule has 0 radical (unpaired) electrons. The van der Waals surface area contributed by atoms with E-state index in [0.29, 0.717) is 0 Å². The summed E-state index contributed by atoms with van der Waals surface area (Å²) in [5, 5.41) is 1.23. The van der Waals surface area contributed by atoms with Crippen LogP contribution >= 0.6 is 0 Å². The third-order valence-corrected chi connectivity index (χ3v) is 9.83. The molecule has 0 spiro atoms. The van der Waals surface area contributed by atoms with Gasteiger partial charge in [-0.1, -0.05) is 158 Å². The first-order valence-electron chi connectivity index (χ1n) is 17.8. The highest BCUT2D eigenvalue weighted by Gasteiger charge is 2.15. The van der Waals surface area contributed by atoms with E-state index in [1.165, 1.54) is 55.5 Å². The zero-order valence-electron chi connectivity index (χ0n) is 28.7. The summed E-state index contributed by atoms with van der Waals surface area (Å²) in [5.41, 5.74) is 15.2. The second-order valence-corrected chi connectivity index (χ2v) is 13.0. The van der Waals surface area contributed by atoms with Crippen molar-refractivity contribution in [3.63, 3.8) is 0 Å². The molecule has 0 atom stereocenters. The maximum atomic E-state index is 2.36. The smallest absolute Gasteiger partial charge is 0.0540 e. The van der Waals surface area contributed by atoms with E-state index in [0.717, 1.165) is 22.7 Å². The van der Waals surface area contributed by atoms with Crippen molar-refractivity contribution in [3.05, 3.63) is 218 Å². The first kappa shape index (κ1) is 31.1. The van der Waals surface area contributed by atoms with Crippen LogP contribution in [0.2, 0.25) is 0 Å². The van der Waals surface area contributed by atoms with Gasteiger partial charge in [0.15, 0.2) is 0 Å². The number of anilines is 3. The van der Waals surface area contributed by atoms with Crippen LogP contribution in [0.25, 0.3) is 61.2 Å². The van der Waals surface area contributed by atoms with Gasteiger partial charge < -0.3 is 9.47 Å². The van der Waals surface area contributed by atoms with Gasteiger partial charge in [0.1, 0.15) is 0 Å². The molecule has 2 nitrogen and oxygen atoms in total. The quantitative estimate of drug-likeness (QED) is 0.157. The largest absolute Gasteiger partial charge is 0.311 e. The van der Waals surface area contributed by atoms with Gasteiger partial charge in [-0.2, -0.15) is 0 Å². The summed E-state index contributed by atoms with van der Waals surface area (Å²) in [5.74, 6) is 0. The summed E-state index contributed by atoms with van der Waals surface area (Å²) in [6, 6.07) is 78.2. The van der Waals surface area contributed by atoms with E-state index in [-0.39, 0.29) is 0 Å². The number of hydrogen-bond acceptors (Lipinski definition) is 1. The van der Waals surface area contributed by atoms with Crippen LogP contribution in [0.5, 0.6) is 0 Å². The van der Waals surface area contributed by atoms with Gasteiger partial charge >= 0.3 is 0 Å². The lowest BCUT2D eigenvalue weighted by Gasteiger charge is -2.26. The number of rotatable bonds is 8. The summed E-state index contributed by atoms with van der Waals surface area (Å²) in [6.07, 6.45) is 0. The molecule has 0 aliphatic carbocycles. The number of benzene rings is 8. The summed E-state index contributed by atoms with van der Waals surface area (Å²) >= 11 is 0. The van der Waals surface area contributed by atoms with Crippen LogP contribution < -0.4 is 4.90 Å². The van der Waals surface area contributed by atoms with Crippen LogP contribution in [0.15, 0.2) is 218 Å². The normalized spacial score (nSPS) is 11.1. The van der Waals surface area contributed by atoms with Crippen LogP contribution in [0, 0.1) is 0 Å². The Kier molecular flexibility index (Phi) is 8.24. The van der Waals surface area contributed by atoms with Crippen molar-refractivity contribution < 1.29 is 0 Å². The van der Waals surface area contributed by atoms with E-state index in [1.54, 1.807) is 0 Å². The van der Waals surface area contributed by atoms with Crippen molar-refractivity contribution in [2.75, 3.05) is 4.90 Å². The Hall–Kier alpha value is -6.90. The molecule has 9 rings (SSSR count). The molecular weight excluding hydrogens is 629 g/mol. The highest BCUT2D eigenvalue weighted by molar-refractivity contribution is 5.89. The van der Waals surface area contributed by atoms with E-state index in [1.807, 2.05) is 0 Å². The Morgan fingerprint density at radius 2 is 0.635 bits per heavy atom. The van der Waals surface area contributed by atoms with E-state index >= 15 is 0 Å². The van der Waals surface area contributed by atoms with E-state index < -0.39 is 0 Å². The summed E-state index contributed by atoms with van der Waals surface area (Å²) in [6.45, 7) is 0. The minimum Gasteiger partial charge on any atom is -0.311 e. The molecule has 8 aromatic carbocycles. The first-order chi connectivity index (χ1) is 25.8. The molecule has 0 fully saturated rings. The molecule has 1 aromatic heterocycles. The van der Waals surface area contributed by atoms with E-state index in [9.17, 15) is 0 Å². The fraction of sp³-hybridized carbons (Fsp3) is 0. The average molecular weight is 665 g/mol. The molecular formula is C50H36N2. The molecule has 0 aliphatic rings. The van der Waals surface area contributed by atoms with Crippen molar-refractivity contribution in [1.29, 1.82) is 0 Å². The zero-order chi connectivity index (χ0) is 34.7. The minimum atomic E-state index is 1.10. The van der Waals surface area contributed by atoms with Crippen LogP contribution in [-0.4, -0.2) is 4.57 Å². The molecule has 0 saturated carbocycles. The van der Waals surface area contributed by atoms with Gasteiger partial charge in [0, 0.05) is 28.1 Å². The molecule has 0 unspecified atom stereocenters. The van der Waals surface area contributed by atoms with Crippen molar-refractivity contribution in [3.8, 4) is 50.3 Å². The van der Waals surface area contributed by atoms with Crippen LogP contribution in [0.4, 0.5) is 17.1 Å². The van der Waals surface area contributed by atoms with Crippen LogP contribution in [0.3, 0.4) is 0 Å². The molecule has 52 heavy (non-hydrogen) atoms. The molecule has 9 aromatic rings. The number of hydrogen-bond donors (Lipinski definition) is 0. The highest BCUT2D eigenvalue weighted by Crippen LogP contribution is 2.38. The second kappa shape index (κ2) is 13.8. The lowest BCUT2D eigenvalue weighted by Crippen LogP contribution is -2.09. The molecule has 1 heterocycles. The van der Waals surface area contributed by atoms with E-state index in [4.69, 9.17) is 0 Å². The van der Waals surface area contributed by atoms with Crippen molar-refractivity contribution in [2.45, 2.75) is 0 Å². The lowest BCUT2D eigenvalue weighted by atomic mass is 10.0. The molecule has 0 N–H and O–H groups in total. The summed E-state index contributed by atoms with van der Waals surface area (Å²) < 4.78 is 2.36. The lowest BCUT2D eigenvalue weighted by molar-refractivity contribution is 1.13. The molecule has 0 aliphatic heterocycles. The Bertz CT molecular complexity index is 2470. The Labute approximate surface area is 305 Å². The SMILES string of the molecule is c1ccc(-c2ccc(N(c3ccc(-c4ccccc4)cc3)c3ccc(-c4ccc(-n5c(-c6ccccc6)cc6ccccc65)cc4)cc3)cc2)cc1. The monoisotopic (exact) mass is 664 g/mol. The van der Waals surface area contributed by atoms with Gasteiger partial charge in [0.2, 0.25) is 0 Å². The second-order valence-electron chi connectivity index (χ2n) is 13.0. The third kappa shape index (κ3) is 6.08. The fourth-order valence-corrected chi connectivity index (χ4v) is 7.17. The first-order valence-corrected chi connectivity index (χ1v) is 17.8. The Balaban J connectivity index is 1.05. The fourth-order valence-electron chi connectivity index (χ4n) is 7.17. The summed E-state index contributed by atoms with van der Waals surface area (Å²) in [7, 11) is 0. The van der Waals surface area contributed by atoms with Crippen LogP contribution in [0.1, 0.15) is 0 Å². The standard InChI is InChI=1S/C50H36N2/c1-4-12-37(13-5-1)39-20-28-45(29-21-39)51(46-30-22-40(23-31-46)38-14-6-2-7-15-38)47-32-24-41(25-33-47)42-26-34-48(35-27-42)52-49-19-11-10-18-44(49)36-50(52)43-16-8-3-9-17-43/h1-36H. The number of aromatic nitrogens is 1. The third-order valence-electron chi connectivity index (χ3n) is 9.83. The predicted octanol–water partition coefficient (Wildman–Crippen LogP) is 13.8. The van der Waals surface area contributed by atoms with Gasteiger partial charge in [-0.05, 0) is 99.6 Å².